The molecule has 3 heterocycles. The van der Waals surface area contributed by atoms with Gasteiger partial charge >= 0.3 is 0 Å². The summed E-state index contributed by atoms with van der Waals surface area (Å²) in [5.74, 6) is -1.59. The van der Waals surface area contributed by atoms with Crippen LogP contribution in [0.4, 0.5) is 4.39 Å². The Kier molecular flexibility index (Phi) is 5.91. The molecule has 0 radical (unpaired) electrons. The molecule has 2 N–H and O–H groups in total. The molecule has 1 aromatic carbocycles. The number of rotatable bonds is 6. The molecule has 1 atom stereocenters. The van der Waals surface area contributed by atoms with Gasteiger partial charge in [0.25, 0.3) is 11.8 Å². The fourth-order valence-electron chi connectivity index (χ4n) is 3.59. The Bertz CT molecular complexity index is 1190. The Labute approximate surface area is 189 Å². The Morgan fingerprint density at radius 3 is 2.55 bits per heavy atom. The molecule has 3 amide bonds. The van der Waals surface area contributed by atoms with Crippen LogP contribution in [0.15, 0.2) is 54.9 Å². The highest BCUT2D eigenvalue weighted by Crippen LogP contribution is 2.26. The summed E-state index contributed by atoms with van der Waals surface area (Å²) < 4.78 is 14.5. The highest BCUT2D eigenvalue weighted by Gasteiger charge is 2.46. The average molecular weight is 450 g/mol. The SMILES string of the molecule is CN1C(=O)c2cc(C(=O)NCc3cccnc3)nn2CC1(C)C(=O)NCc1ccc(F)cc1. The summed E-state index contributed by atoms with van der Waals surface area (Å²) in [5, 5.41) is 9.82. The lowest BCUT2D eigenvalue weighted by Crippen LogP contribution is -2.62. The molecule has 1 unspecified atom stereocenters. The van der Waals surface area contributed by atoms with Crippen molar-refractivity contribution in [3.05, 3.63) is 83.2 Å². The molecule has 1 aliphatic heterocycles. The highest BCUT2D eigenvalue weighted by atomic mass is 19.1. The monoisotopic (exact) mass is 450 g/mol. The molecule has 33 heavy (non-hydrogen) atoms. The molecule has 10 heteroatoms. The lowest BCUT2D eigenvalue weighted by molar-refractivity contribution is -0.132. The van der Waals surface area contributed by atoms with Crippen molar-refractivity contribution in [1.82, 2.24) is 30.3 Å². The maximum Gasteiger partial charge on any atom is 0.272 e. The van der Waals surface area contributed by atoms with Gasteiger partial charge in [0, 0.05) is 38.6 Å². The van der Waals surface area contributed by atoms with Gasteiger partial charge in [-0.1, -0.05) is 18.2 Å². The molecule has 0 spiro atoms. The van der Waals surface area contributed by atoms with Gasteiger partial charge in [0.1, 0.15) is 17.1 Å². The summed E-state index contributed by atoms with van der Waals surface area (Å²) in [4.78, 5) is 43.9. The molecule has 4 rings (SSSR count). The number of amides is 3. The van der Waals surface area contributed by atoms with Crippen LogP contribution in [-0.2, 0) is 24.4 Å². The molecule has 1 aliphatic rings. The van der Waals surface area contributed by atoms with Crippen LogP contribution in [0.25, 0.3) is 0 Å². The van der Waals surface area contributed by atoms with Gasteiger partial charge in [0.05, 0.1) is 6.54 Å². The van der Waals surface area contributed by atoms with Crippen molar-refractivity contribution in [1.29, 1.82) is 0 Å². The molecule has 9 nitrogen and oxygen atoms in total. The summed E-state index contributed by atoms with van der Waals surface area (Å²) >= 11 is 0. The van der Waals surface area contributed by atoms with Gasteiger partial charge in [0.15, 0.2) is 5.69 Å². The number of fused-ring (bicyclic) bond motifs is 1. The first-order valence-corrected chi connectivity index (χ1v) is 10.3. The number of carbonyl (C=O) groups excluding carboxylic acids is 3. The predicted molar refractivity (Wildman–Crippen MR) is 116 cm³/mol. The molecule has 170 valence electrons. The van der Waals surface area contributed by atoms with Crippen LogP contribution in [0.2, 0.25) is 0 Å². The van der Waals surface area contributed by atoms with Gasteiger partial charge in [-0.25, -0.2) is 4.39 Å². The van der Waals surface area contributed by atoms with Crippen molar-refractivity contribution in [3.8, 4) is 0 Å². The van der Waals surface area contributed by atoms with Crippen molar-refractivity contribution >= 4 is 17.7 Å². The maximum atomic E-state index is 13.1. The normalized spacial score (nSPS) is 17.4. The molecule has 0 saturated carbocycles. The third kappa shape index (κ3) is 4.45. The largest absolute Gasteiger partial charge is 0.350 e. The van der Waals surface area contributed by atoms with E-state index in [2.05, 4.69) is 20.7 Å². The number of carbonyl (C=O) groups is 3. The van der Waals surface area contributed by atoms with E-state index in [0.717, 1.165) is 11.1 Å². The van der Waals surface area contributed by atoms with E-state index in [-0.39, 0.29) is 42.7 Å². The molecule has 3 aromatic rings. The van der Waals surface area contributed by atoms with Gasteiger partial charge in [-0.2, -0.15) is 5.10 Å². The second kappa shape index (κ2) is 8.81. The third-order valence-electron chi connectivity index (χ3n) is 5.77. The first-order chi connectivity index (χ1) is 15.8. The van der Waals surface area contributed by atoms with E-state index in [4.69, 9.17) is 0 Å². The average Bonchev–Trinajstić information content (AvgIpc) is 3.25. The molecule has 0 aliphatic carbocycles. The lowest BCUT2D eigenvalue weighted by Gasteiger charge is -2.40. The van der Waals surface area contributed by atoms with Crippen molar-refractivity contribution in [2.24, 2.45) is 0 Å². The first kappa shape index (κ1) is 22.1. The Morgan fingerprint density at radius 2 is 1.85 bits per heavy atom. The first-order valence-electron chi connectivity index (χ1n) is 10.3. The van der Waals surface area contributed by atoms with Gasteiger partial charge in [-0.3, -0.25) is 24.0 Å². The highest BCUT2D eigenvalue weighted by molar-refractivity contribution is 6.01. The van der Waals surface area contributed by atoms with Crippen molar-refractivity contribution in [2.75, 3.05) is 7.05 Å². The summed E-state index contributed by atoms with van der Waals surface area (Å²) in [6, 6.07) is 10.8. The summed E-state index contributed by atoms with van der Waals surface area (Å²) in [6.45, 7) is 2.17. The van der Waals surface area contributed by atoms with E-state index in [1.54, 1.807) is 44.6 Å². The van der Waals surface area contributed by atoms with Gasteiger partial charge in [-0.05, 0) is 36.2 Å². The number of halogens is 1. The van der Waals surface area contributed by atoms with E-state index in [1.807, 2.05) is 6.07 Å². The van der Waals surface area contributed by atoms with Crippen molar-refractivity contribution < 1.29 is 18.8 Å². The third-order valence-corrected chi connectivity index (χ3v) is 5.77. The number of hydrogen-bond acceptors (Lipinski definition) is 5. The zero-order valence-corrected chi connectivity index (χ0v) is 18.2. The van der Waals surface area contributed by atoms with Crippen LogP contribution >= 0.6 is 0 Å². The van der Waals surface area contributed by atoms with Gasteiger partial charge in [0.2, 0.25) is 5.91 Å². The van der Waals surface area contributed by atoms with Crippen molar-refractivity contribution in [2.45, 2.75) is 32.1 Å². The molecule has 0 bridgehead atoms. The van der Waals surface area contributed by atoms with Crippen LogP contribution < -0.4 is 10.6 Å². The number of nitrogens with zero attached hydrogens (tertiary/aromatic N) is 4. The quantitative estimate of drug-likeness (QED) is 0.592. The van der Waals surface area contributed by atoms with Gasteiger partial charge in [-0.15, -0.1) is 0 Å². The maximum absolute atomic E-state index is 13.1. The minimum Gasteiger partial charge on any atom is -0.350 e. The fourth-order valence-corrected chi connectivity index (χ4v) is 3.59. The Morgan fingerprint density at radius 1 is 1.12 bits per heavy atom. The molecular weight excluding hydrogens is 427 g/mol. The number of hydrogen-bond donors (Lipinski definition) is 2. The number of aromatic nitrogens is 3. The standard InChI is InChI=1S/C23H23FN6O3/c1-23(22(33)27-12-15-5-7-17(24)8-6-15)14-30-19(21(32)29(23)2)10-18(28-30)20(31)26-13-16-4-3-9-25-11-16/h3-11H,12-14H2,1-2H3,(H,26,31)(H,27,33). The van der Waals surface area contributed by atoms with Crippen LogP contribution in [0.3, 0.4) is 0 Å². The van der Waals surface area contributed by atoms with Crippen LogP contribution in [0, 0.1) is 5.82 Å². The lowest BCUT2D eigenvalue weighted by atomic mass is 9.96. The number of benzene rings is 1. The number of pyridine rings is 1. The van der Waals surface area contributed by atoms with E-state index in [1.165, 1.54) is 27.8 Å². The number of likely N-dealkylation sites (N-methyl/N-ethyl adjacent to an activating group) is 1. The zero-order chi connectivity index (χ0) is 23.6. The van der Waals surface area contributed by atoms with Crippen molar-refractivity contribution in [3.63, 3.8) is 0 Å². The summed E-state index contributed by atoms with van der Waals surface area (Å²) in [6.07, 6.45) is 3.29. The summed E-state index contributed by atoms with van der Waals surface area (Å²) in [5.41, 5.74) is 0.653. The molecular formula is C23H23FN6O3. The fraction of sp³-hybridized carbons (Fsp3) is 0.261. The van der Waals surface area contributed by atoms with Crippen LogP contribution in [0.1, 0.15) is 39.0 Å². The minimum atomic E-state index is -1.22. The second-order valence-corrected chi connectivity index (χ2v) is 8.06. The minimum absolute atomic E-state index is 0.0791. The Balaban J connectivity index is 1.47. The topological polar surface area (TPSA) is 109 Å². The van der Waals surface area contributed by atoms with Crippen LogP contribution in [-0.4, -0.2) is 50.0 Å². The van der Waals surface area contributed by atoms with E-state index >= 15 is 0 Å². The molecule has 0 saturated heterocycles. The van der Waals surface area contributed by atoms with E-state index in [0.29, 0.717) is 0 Å². The Hall–Kier alpha value is -4.08. The van der Waals surface area contributed by atoms with E-state index in [9.17, 15) is 18.8 Å². The number of nitrogens with one attached hydrogen (secondary N) is 2. The van der Waals surface area contributed by atoms with E-state index < -0.39 is 17.4 Å². The molecule has 2 aromatic heterocycles. The smallest absolute Gasteiger partial charge is 0.272 e. The second-order valence-electron chi connectivity index (χ2n) is 8.06. The molecule has 0 fully saturated rings. The van der Waals surface area contributed by atoms with Gasteiger partial charge < -0.3 is 15.5 Å². The predicted octanol–water partition coefficient (Wildman–Crippen LogP) is 1.51. The summed E-state index contributed by atoms with van der Waals surface area (Å²) in [7, 11) is 1.54. The van der Waals surface area contributed by atoms with Crippen LogP contribution in [0.5, 0.6) is 0 Å². The zero-order valence-electron chi connectivity index (χ0n) is 18.2.